The number of para-hydroxylation sites is 1. The number of imidazole rings is 1. The topological polar surface area (TPSA) is 97.2 Å². The molecule has 3 aromatic rings. The fourth-order valence-corrected chi connectivity index (χ4v) is 4.04. The van der Waals surface area contributed by atoms with Gasteiger partial charge in [-0.25, -0.2) is 9.97 Å². The van der Waals surface area contributed by atoms with Crippen LogP contribution in [0.25, 0.3) is 16.9 Å². The summed E-state index contributed by atoms with van der Waals surface area (Å²) >= 11 is 0. The molecule has 1 unspecified atom stereocenters. The number of aromatic nitrogens is 3. The predicted molar refractivity (Wildman–Crippen MR) is 99.6 cm³/mol. The molecule has 8 heteroatoms. The lowest BCUT2D eigenvalue weighted by atomic mass is 9.85. The van der Waals surface area contributed by atoms with E-state index >= 15 is 0 Å². The molecule has 3 amide bonds. The van der Waals surface area contributed by atoms with E-state index in [1.807, 2.05) is 34.9 Å². The van der Waals surface area contributed by atoms with Gasteiger partial charge in [0.15, 0.2) is 5.65 Å². The number of rotatable bonds is 2. The molecule has 5 rings (SSSR count). The number of imide groups is 1. The number of hydrogen-bond donors (Lipinski definition) is 1. The van der Waals surface area contributed by atoms with Crippen LogP contribution in [-0.4, -0.2) is 50.2 Å². The summed E-state index contributed by atoms with van der Waals surface area (Å²) < 4.78 is 1.86. The third kappa shape index (κ3) is 2.49. The van der Waals surface area contributed by atoms with Crippen LogP contribution in [0.3, 0.4) is 0 Å². The van der Waals surface area contributed by atoms with Crippen molar-refractivity contribution in [1.29, 1.82) is 0 Å². The molecule has 8 nitrogen and oxygen atoms in total. The Labute approximate surface area is 160 Å². The molecule has 1 spiro atoms. The first kappa shape index (κ1) is 16.6. The minimum absolute atomic E-state index is 0.147. The minimum atomic E-state index is -0.779. The van der Waals surface area contributed by atoms with Crippen LogP contribution in [-0.2, 0) is 9.59 Å². The molecule has 1 aromatic carbocycles. The van der Waals surface area contributed by atoms with Crippen LogP contribution < -0.4 is 5.32 Å². The molecule has 1 N–H and O–H groups in total. The number of nitrogens with zero attached hydrogens (tertiary/aromatic N) is 4. The summed E-state index contributed by atoms with van der Waals surface area (Å²) in [7, 11) is 0. The van der Waals surface area contributed by atoms with E-state index < -0.39 is 5.41 Å². The quantitative estimate of drug-likeness (QED) is 0.681. The SMILES string of the molecule is O=C1CC2(CCN(C(=O)c3cnc4c(c3)ncn4-c3ccccc3)C2)C(=O)N1. The molecule has 0 bridgehead atoms. The maximum absolute atomic E-state index is 12.9. The van der Waals surface area contributed by atoms with Gasteiger partial charge in [-0.15, -0.1) is 0 Å². The van der Waals surface area contributed by atoms with Gasteiger partial charge in [0.2, 0.25) is 11.8 Å². The molecule has 2 aliphatic rings. The van der Waals surface area contributed by atoms with Crippen LogP contribution in [0, 0.1) is 5.41 Å². The highest BCUT2D eigenvalue weighted by molar-refractivity contribution is 6.07. The highest BCUT2D eigenvalue weighted by Crippen LogP contribution is 2.38. The number of amides is 3. The summed E-state index contributed by atoms with van der Waals surface area (Å²) in [6.45, 7) is 0.690. The van der Waals surface area contributed by atoms with Crippen molar-refractivity contribution in [2.24, 2.45) is 5.41 Å². The summed E-state index contributed by atoms with van der Waals surface area (Å²) in [5.41, 5.74) is 1.88. The van der Waals surface area contributed by atoms with E-state index in [0.717, 1.165) is 5.69 Å². The molecule has 0 radical (unpaired) electrons. The van der Waals surface area contributed by atoms with Gasteiger partial charge in [-0.05, 0) is 24.6 Å². The fraction of sp³-hybridized carbons (Fsp3) is 0.250. The maximum atomic E-state index is 12.9. The number of carbonyl (C=O) groups is 3. The van der Waals surface area contributed by atoms with Crippen molar-refractivity contribution in [3.8, 4) is 5.69 Å². The molecule has 2 fully saturated rings. The molecular formula is C20H17N5O3. The Bertz CT molecular complexity index is 1120. The zero-order valence-electron chi connectivity index (χ0n) is 15.0. The Morgan fingerprint density at radius 2 is 1.96 bits per heavy atom. The largest absolute Gasteiger partial charge is 0.337 e. The van der Waals surface area contributed by atoms with Crippen molar-refractivity contribution in [3.63, 3.8) is 0 Å². The molecule has 2 aromatic heterocycles. The number of carbonyl (C=O) groups excluding carboxylic acids is 3. The Kier molecular flexibility index (Phi) is 3.55. The molecule has 0 saturated carbocycles. The van der Waals surface area contributed by atoms with Gasteiger partial charge in [-0.1, -0.05) is 18.2 Å². The molecule has 1 atom stereocenters. The van der Waals surface area contributed by atoms with Gasteiger partial charge in [0.1, 0.15) is 11.8 Å². The van der Waals surface area contributed by atoms with Crippen molar-refractivity contribution in [2.75, 3.05) is 13.1 Å². The van der Waals surface area contributed by atoms with E-state index in [2.05, 4.69) is 15.3 Å². The first-order valence-electron chi connectivity index (χ1n) is 9.08. The molecule has 28 heavy (non-hydrogen) atoms. The summed E-state index contributed by atoms with van der Waals surface area (Å²) in [5.74, 6) is -0.746. The molecule has 4 heterocycles. The first-order chi connectivity index (χ1) is 13.6. The number of nitrogens with one attached hydrogen (secondary N) is 1. The highest BCUT2D eigenvalue weighted by atomic mass is 16.2. The molecule has 140 valence electrons. The second-order valence-corrected chi connectivity index (χ2v) is 7.33. The van der Waals surface area contributed by atoms with E-state index in [-0.39, 0.29) is 30.7 Å². The van der Waals surface area contributed by atoms with E-state index in [4.69, 9.17) is 0 Å². The average molecular weight is 375 g/mol. The number of fused-ring (bicyclic) bond motifs is 1. The summed E-state index contributed by atoms with van der Waals surface area (Å²) in [5, 5.41) is 2.35. The van der Waals surface area contributed by atoms with Crippen LogP contribution in [0.1, 0.15) is 23.2 Å². The van der Waals surface area contributed by atoms with Crippen molar-refractivity contribution in [2.45, 2.75) is 12.8 Å². The zero-order valence-corrected chi connectivity index (χ0v) is 15.0. The van der Waals surface area contributed by atoms with Crippen LogP contribution in [0.4, 0.5) is 0 Å². The molecule has 2 saturated heterocycles. The van der Waals surface area contributed by atoms with Gasteiger partial charge in [0.05, 0.1) is 11.0 Å². The van der Waals surface area contributed by atoms with Gasteiger partial charge in [0.25, 0.3) is 5.91 Å². The lowest BCUT2D eigenvalue weighted by molar-refractivity contribution is -0.128. The second-order valence-electron chi connectivity index (χ2n) is 7.33. The van der Waals surface area contributed by atoms with E-state index in [0.29, 0.717) is 29.7 Å². The van der Waals surface area contributed by atoms with Crippen LogP contribution in [0.15, 0.2) is 48.9 Å². The average Bonchev–Trinajstić information content (AvgIpc) is 3.39. The number of pyridine rings is 1. The van der Waals surface area contributed by atoms with E-state index in [9.17, 15) is 14.4 Å². The summed E-state index contributed by atoms with van der Waals surface area (Å²) in [4.78, 5) is 47.1. The highest BCUT2D eigenvalue weighted by Gasteiger charge is 2.51. The lowest BCUT2D eigenvalue weighted by Crippen LogP contribution is -2.36. The lowest BCUT2D eigenvalue weighted by Gasteiger charge is -2.20. The van der Waals surface area contributed by atoms with E-state index in [1.165, 1.54) is 6.20 Å². The normalized spacial score (nSPS) is 21.6. The monoisotopic (exact) mass is 375 g/mol. The molecule has 0 aliphatic carbocycles. The Morgan fingerprint density at radius 3 is 2.71 bits per heavy atom. The Hall–Kier alpha value is -3.55. The maximum Gasteiger partial charge on any atom is 0.255 e. The van der Waals surface area contributed by atoms with Crippen molar-refractivity contribution < 1.29 is 14.4 Å². The van der Waals surface area contributed by atoms with Gasteiger partial charge in [0, 0.05) is 31.4 Å². The smallest absolute Gasteiger partial charge is 0.255 e. The van der Waals surface area contributed by atoms with Crippen LogP contribution in [0.2, 0.25) is 0 Å². The fourth-order valence-electron chi connectivity index (χ4n) is 4.04. The predicted octanol–water partition coefficient (Wildman–Crippen LogP) is 1.30. The second kappa shape index (κ2) is 5.98. The van der Waals surface area contributed by atoms with E-state index in [1.54, 1.807) is 17.3 Å². The van der Waals surface area contributed by atoms with Crippen LogP contribution >= 0.6 is 0 Å². The minimum Gasteiger partial charge on any atom is -0.337 e. The Morgan fingerprint density at radius 1 is 1.14 bits per heavy atom. The van der Waals surface area contributed by atoms with Gasteiger partial charge in [-0.3, -0.25) is 24.3 Å². The third-order valence-electron chi connectivity index (χ3n) is 5.54. The van der Waals surface area contributed by atoms with Crippen LogP contribution in [0.5, 0.6) is 0 Å². The van der Waals surface area contributed by atoms with Gasteiger partial charge in [-0.2, -0.15) is 0 Å². The van der Waals surface area contributed by atoms with Gasteiger partial charge < -0.3 is 4.90 Å². The number of hydrogen-bond acceptors (Lipinski definition) is 5. The number of benzene rings is 1. The first-order valence-corrected chi connectivity index (χ1v) is 9.08. The molecular weight excluding hydrogens is 358 g/mol. The zero-order chi connectivity index (χ0) is 19.3. The van der Waals surface area contributed by atoms with Gasteiger partial charge >= 0.3 is 0 Å². The standard InChI is InChI=1S/C20H17N5O3/c26-16-9-20(19(28)23-16)6-7-24(11-20)18(27)13-8-15-17(21-10-13)25(12-22-15)14-4-2-1-3-5-14/h1-5,8,10,12H,6-7,9,11H2,(H,23,26,28). The third-order valence-corrected chi connectivity index (χ3v) is 5.54. The molecule has 2 aliphatic heterocycles. The Balaban J connectivity index is 1.42. The summed E-state index contributed by atoms with van der Waals surface area (Å²) in [6, 6.07) is 11.4. The summed E-state index contributed by atoms with van der Waals surface area (Å²) in [6.07, 6.45) is 3.86. The van der Waals surface area contributed by atoms with Crippen molar-refractivity contribution in [1.82, 2.24) is 24.8 Å². The number of likely N-dealkylation sites (tertiary alicyclic amines) is 1. The van der Waals surface area contributed by atoms with Crippen molar-refractivity contribution in [3.05, 3.63) is 54.5 Å². The van der Waals surface area contributed by atoms with Crippen molar-refractivity contribution >= 4 is 28.9 Å².